The number of carbonyl (C=O) groups excluding carboxylic acids is 1. The predicted octanol–water partition coefficient (Wildman–Crippen LogP) is 0.120. The van der Waals surface area contributed by atoms with Crippen molar-refractivity contribution in [1.29, 1.82) is 0 Å². The first-order valence-corrected chi connectivity index (χ1v) is 6.68. The van der Waals surface area contributed by atoms with E-state index in [2.05, 4.69) is 0 Å². The quantitative estimate of drug-likeness (QED) is 0.576. The van der Waals surface area contributed by atoms with Gasteiger partial charge in [0.05, 0.1) is 19.8 Å². The number of carbonyl (C=O) groups is 1. The molecule has 0 aliphatic carbocycles. The molecular weight excluding hydrogens is 266 g/mol. The summed E-state index contributed by atoms with van der Waals surface area (Å²) in [5, 5.41) is 0.945. The molecule has 0 aliphatic rings. The molecule has 98 valence electrons. The van der Waals surface area contributed by atoms with Gasteiger partial charge in [0.1, 0.15) is 11.5 Å². The van der Waals surface area contributed by atoms with Gasteiger partial charge in [0.2, 0.25) is 0 Å². The van der Waals surface area contributed by atoms with E-state index in [9.17, 15) is 4.79 Å². The molecule has 3 nitrogen and oxygen atoms in total. The Morgan fingerprint density at radius 1 is 0.900 bits per heavy atom. The van der Waals surface area contributed by atoms with Gasteiger partial charge in [0.25, 0.3) is 0 Å². The van der Waals surface area contributed by atoms with Crippen LogP contribution in [-0.4, -0.2) is 19.7 Å². The number of rotatable bonds is 5. The van der Waals surface area contributed by atoms with Gasteiger partial charge in [0, 0.05) is 5.52 Å². The molecule has 0 spiro atoms. The third-order valence-corrected chi connectivity index (χ3v) is 3.61. The Bertz CT molecular complexity index is 550. The summed E-state index contributed by atoms with van der Waals surface area (Å²) in [4.78, 5) is 12.4. The number of hydrogen-bond donors (Lipinski definition) is 0. The van der Waals surface area contributed by atoms with Gasteiger partial charge >= 0.3 is 18.9 Å². The Morgan fingerprint density at radius 2 is 1.45 bits per heavy atom. The minimum Gasteiger partial charge on any atom is -0.496 e. The van der Waals surface area contributed by atoms with Gasteiger partial charge in [-0.25, -0.2) is 0 Å². The predicted molar refractivity (Wildman–Crippen MR) is 76.9 cm³/mol. The second-order valence-electron chi connectivity index (χ2n) is 3.79. The van der Waals surface area contributed by atoms with Crippen molar-refractivity contribution in [1.82, 2.24) is 0 Å². The Hall–Kier alpha value is -1.26. The molecular formula is C15H14LiO3P. The molecule has 0 radical (unpaired) electrons. The average Bonchev–Trinajstić information content (AvgIpc) is 2.47. The van der Waals surface area contributed by atoms with Gasteiger partial charge in [-0.15, -0.1) is 0 Å². The Kier molecular flexibility index (Phi) is 6.82. The number of ether oxygens (including phenoxy) is 2. The second-order valence-corrected chi connectivity index (χ2v) is 4.94. The van der Waals surface area contributed by atoms with Crippen LogP contribution < -0.4 is 33.6 Å². The van der Waals surface area contributed by atoms with Crippen molar-refractivity contribution in [2.24, 2.45) is 0 Å². The van der Waals surface area contributed by atoms with Crippen LogP contribution in [0.5, 0.6) is 11.5 Å². The summed E-state index contributed by atoms with van der Waals surface area (Å²) in [6.45, 7) is 0. The summed E-state index contributed by atoms with van der Waals surface area (Å²) < 4.78 is 10.5. The van der Waals surface area contributed by atoms with Crippen molar-refractivity contribution in [3.05, 3.63) is 54.1 Å². The van der Waals surface area contributed by atoms with E-state index in [0.717, 1.165) is 5.30 Å². The van der Waals surface area contributed by atoms with Crippen molar-refractivity contribution in [3.8, 4) is 11.5 Å². The molecule has 2 aromatic carbocycles. The van der Waals surface area contributed by atoms with Crippen LogP contribution in [-0.2, 0) is 0 Å². The molecule has 0 amide bonds. The van der Waals surface area contributed by atoms with Crippen LogP contribution in [0.15, 0.2) is 48.5 Å². The number of benzene rings is 2. The standard InChI is InChI=1S/C15H14O3P.Li/c1-17-12-9-6-10-13(18-2)14(12)15(16)19-11-7-4-3-5-8-11;/h3-10H,1-2H3;/q-1;+1. The smallest absolute Gasteiger partial charge is 0.496 e. The normalized spacial score (nSPS) is 10.1. The van der Waals surface area contributed by atoms with Crippen molar-refractivity contribution in [2.45, 2.75) is 0 Å². The molecule has 0 saturated heterocycles. The van der Waals surface area contributed by atoms with Crippen molar-refractivity contribution >= 4 is 19.4 Å². The Labute approximate surface area is 132 Å². The fourth-order valence-electron chi connectivity index (χ4n) is 1.74. The van der Waals surface area contributed by atoms with Gasteiger partial charge in [0.15, 0.2) is 0 Å². The van der Waals surface area contributed by atoms with E-state index in [0.29, 0.717) is 25.6 Å². The van der Waals surface area contributed by atoms with Crippen LogP contribution in [0.4, 0.5) is 0 Å². The largest absolute Gasteiger partial charge is 1.00 e. The molecule has 0 unspecified atom stereocenters. The Morgan fingerprint density at radius 3 is 1.95 bits per heavy atom. The summed E-state index contributed by atoms with van der Waals surface area (Å²) in [7, 11) is 3.70. The molecule has 0 fully saturated rings. The van der Waals surface area contributed by atoms with E-state index in [-0.39, 0.29) is 24.4 Å². The molecule has 0 saturated carbocycles. The molecule has 0 bridgehead atoms. The molecule has 0 N–H and O–H groups in total. The fraction of sp³-hybridized carbons (Fsp3) is 0.133. The van der Waals surface area contributed by atoms with Crippen LogP contribution in [0.3, 0.4) is 0 Å². The second kappa shape index (κ2) is 8.12. The third kappa shape index (κ3) is 3.87. The number of hydrogen-bond acceptors (Lipinski definition) is 3. The minimum absolute atomic E-state index is 0. The molecule has 0 atom stereocenters. The molecule has 2 aromatic rings. The van der Waals surface area contributed by atoms with E-state index in [1.807, 2.05) is 30.3 Å². The van der Waals surface area contributed by atoms with E-state index in [1.165, 1.54) is 0 Å². The first-order chi connectivity index (χ1) is 9.26. The summed E-state index contributed by atoms with van der Waals surface area (Å²) >= 11 is 0. The van der Waals surface area contributed by atoms with Gasteiger partial charge in [-0.05, 0) is 12.1 Å². The van der Waals surface area contributed by atoms with E-state index in [4.69, 9.17) is 9.47 Å². The van der Waals surface area contributed by atoms with Crippen molar-refractivity contribution in [3.63, 3.8) is 0 Å². The van der Waals surface area contributed by atoms with E-state index >= 15 is 0 Å². The first kappa shape index (κ1) is 16.8. The topological polar surface area (TPSA) is 35.5 Å². The van der Waals surface area contributed by atoms with Crippen LogP contribution in [0, 0.1) is 0 Å². The zero-order valence-electron chi connectivity index (χ0n) is 11.8. The first-order valence-electron chi connectivity index (χ1n) is 5.78. The Balaban J connectivity index is 0.00000200. The molecule has 0 aromatic heterocycles. The molecule has 20 heavy (non-hydrogen) atoms. The van der Waals surface area contributed by atoms with E-state index in [1.54, 1.807) is 32.4 Å². The minimum atomic E-state index is -0.0412. The van der Waals surface area contributed by atoms with Crippen LogP contribution >= 0.6 is 8.58 Å². The number of methoxy groups -OCH3 is 2. The SMILES string of the molecule is COc1cccc(OC)c1C(=O)[P-]c1ccccc1.[Li+]. The van der Waals surface area contributed by atoms with Crippen molar-refractivity contribution < 1.29 is 33.1 Å². The van der Waals surface area contributed by atoms with Gasteiger partial charge < -0.3 is 22.8 Å². The molecule has 0 heterocycles. The summed E-state index contributed by atoms with van der Waals surface area (Å²) in [5.41, 5.74) is 0.443. The maximum Gasteiger partial charge on any atom is 1.00 e. The van der Waals surface area contributed by atoms with Crippen molar-refractivity contribution in [2.75, 3.05) is 14.2 Å². The van der Waals surface area contributed by atoms with Crippen LogP contribution in [0.25, 0.3) is 0 Å². The maximum absolute atomic E-state index is 12.4. The van der Waals surface area contributed by atoms with Crippen LogP contribution in [0.2, 0.25) is 0 Å². The van der Waals surface area contributed by atoms with Crippen LogP contribution in [0.1, 0.15) is 10.4 Å². The van der Waals surface area contributed by atoms with Gasteiger partial charge in [-0.3, -0.25) is 0 Å². The van der Waals surface area contributed by atoms with E-state index < -0.39 is 0 Å². The maximum atomic E-state index is 12.4. The zero-order valence-corrected chi connectivity index (χ0v) is 12.7. The molecule has 5 heteroatoms. The fourth-order valence-corrected chi connectivity index (χ4v) is 2.63. The third-order valence-electron chi connectivity index (χ3n) is 2.63. The van der Waals surface area contributed by atoms with Gasteiger partial charge in [-0.2, -0.15) is 5.30 Å². The summed E-state index contributed by atoms with van der Waals surface area (Å²) in [5.74, 6) is 1.07. The molecule has 2 rings (SSSR count). The average molecular weight is 280 g/mol. The van der Waals surface area contributed by atoms with Gasteiger partial charge in [-0.1, -0.05) is 36.4 Å². The zero-order chi connectivity index (χ0) is 13.7. The summed E-state index contributed by atoms with van der Waals surface area (Å²) in [6.07, 6.45) is 0. The monoisotopic (exact) mass is 280 g/mol. The summed E-state index contributed by atoms with van der Waals surface area (Å²) in [6, 6.07) is 14.9. The molecule has 0 aliphatic heterocycles.